The molecule has 336 valence electrons. The minimum atomic E-state index is -0.883. The second-order valence-corrected chi connectivity index (χ2v) is 16.3. The molecule has 0 spiro atoms. The van der Waals surface area contributed by atoms with Gasteiger partial charge < -0.3 is 23.8 Å². The molecule has 0 saturated heterocycles. The van der Waals surface area contributed by atoms with Crippen LogP contribution in [0.1, 0.15) is 168 Å². The Balaban J connectivity index is 4.32. The summed E-state index contributed by atoms with van der Waals surface area (Å²) in [6.45, 7) is 4.45. The lowest BCUT2D eigenvalue weighted by Gasteiger charge is -2.31. The summed E-state index contributed by atoms with van der Waals surface area (Å²) in [4.78, 5) is 37.0. The number of allylic oxidation sites excluding steroid dienone is 14. The first-order valence-corrected chi connectivity index (χ1v) is 23.2. The van der Waals surface area contributed by atoms with Crippen molar-refractivity contribution in [2.24, 2.45) is 0 Å². The summed E-state index contributed by atoms with van der Waals surface area (Å²) in [7, 11) is 5.51. The summed E-state index contributed by atoms with van der Waals surface area (Å²) >= 11 is 0. The first-order chi connectivity index (χ1) is 28.6. The second kappa shape index (κ2) is 41.3. The lowest BCUT2D eigenvalue weighted by atomic mass is 10.1. The van der Waals surface area contributed by atoms with Crippen molar-refractivity contribution in [2.75, 3.05) is 41.0 Å². The van der Waals surface area contributed by atoms with E-state index in [0.29, 0.717) is 19.3 Å². The van der Waals surface area contributed by atoms with Gasteiger partial charge in [-0.2, -0.15) is 0 Å². The van der Waals surface area contributed by atoms with E-state index in [1.165, 1.54) is 38.5 Å². The average Bonchev–Trinajstić information content (AvgIpc) is 3.19. The zero-order chi connectivity index (χ0) is 43.5. The van der Waals surface area contributed by atoms with Gasteiger partial charge >= 0.3 is 17.9 Å². The Morgan fingerprint density at radius 3 is 1.51 bits per heavy atom. The van der Waals surface area contributed by atoms with Crippen LogP contribution in [0.5, 0.6) is 0 Å². The quantitative estimate of drug-likeness (QED) is 0.0216. The maximum Gasteiger partial charge on any atom is 0.362 e. The van der Waals surface area contributed by atoms with Crippen molar-refractivity contribution in [3.8, 4) is 0 Å². The molecule has 8 nitrogen and oxygen atoms in total. The highest BCUT2D eigenvalue weighted by Crippen LogP contribution is 2.14. The van der Waals surface area contributed by atoms with Crippen molar-refractivity contribution < 1.29 is 38.2 Å². The molecule has 0 radical (unpaired) electrons. The van der Waals surface area contributed by atoms with E-state index in [1.807, 2.05) is 27.2 Å². The molecule has 0 aromatic rings. The molecular weight excluding hydrogens is 739 g/mol. The first-order valence-electron chi connectivity index (χ1n) is 23.2. The van der Waals surface area contributed by atoms with Gasteiger partial charge in [0.25, 0.3) is 0 Å². The van der Waals surface area contributed by atoms with Gasteiger partial charge in [0.15, 0.2) is 12.1 Å². The van der Waals surface area contributed by atoms with Gasteiger partial charge in [0.2, 0.25) is 0 Å². The number of quaternary nitrogens is 1. The second-order valence-electron chi connectivity index (χ2n) is 16.3. The number of nitrogens with zero attached hydrogens (tertiary/aromatic N) is 1. The molecule has 2 atom stereocenters. The summed E-state index contributed by atoms with van der Waals surface area (Å²) in [5.41, 5.74) is 0. The minimum absolute atomic E-state index is 0.0472. The largest absolute Gasteiger partial charge is 0.477 e. The number of unbranched alkanes of at least 4 members (excludes halogenated alkanes) is 14. The summed E-state index contributed by atoms with van der Waals surface area (Å²) in [6.07, 6.45) is 53.4. The van der Waals surface area contributed by atoms with E-state index in [0.717, 1.165) is 96.3 Å². The van der Waals surface area contributed by atoms with Gasteiger partial charge in [-0.3, -0.25) is 9.59 Å². The third-order valence-corrected chi connectivity index (χ3v) is 9.85. The van der Waals surface area contributed by atoms with E-state index >= 15 is 0 Å². The molecule has 59 heavy (non-hydrogen) atoms. The molecule has 2 unspecified atom stereocenters. The van der Waals surface area contributed by atoms with Gasteiger partial charge in [-0.25, -0.2) is 4.79 Å². The topological polar surface area (TPSA) is 99.1 Å². The fourth-order valence-electron chi connectivity index (χ4n) is 6.32. The Morgan fingerprint density at radius 1 is 0.525 bits per heavy atom. The number of esters is 2. The first kappa shape index (κ1) is 55.5. The lowest BCUT2D eigenvalue weighted by Crippen LogP contribution is -2.50. The summed E-state index contributed by atoms with van der Waals surface area (Å²) < 4.78 is 17.3. The Hall–Kier alpha value is -3.49. The highest BCUT2D eigenvalue weighted by atomic mass is 16.6. The fraction of sp³-hybridized carbons (Fsp3) is 0.667. The number of carbonyl (C=O) groups excluding carboxylic acids is 2. The number of aliphatic carboxylic acids is 1. The number of carboxylic acid groups (broad SMARTS) is 1. The molecule has 0 rings (SSSR count). The molecular formula is C51H86NO7+. The van der Waals surface area contributed by atoms with Crippen LogP contribution in [-0.4, -0.2) is 80.6 Å². The summed E-state index contributed by atoms with van der Waals surface area (Å²) in [5, 5.41) is 9.63. The van der Waals surface area contributed by atoms with Gasteiger partial charge in [-0.05, 0) is 70.6 Å². The van der Waals surface area contributed by atoms with Crippen LogP contribution in [0.15, 0.2) is 85.1 Å². The van der Waals surface area contributed by atoms with Crippen molar-refractivity contribution >= 4 is 17.9 Å². The van der Waals surface area contributed by atoms with Crippen LogP contribution in [0.3, 0.4) is 0 Å². The van der Waals surface area contributed by atoms with E-state index in [2.05, 4.69) is 92.8 Å². The zero-order valence-electron chi connectivity index (χ0n) is 38.2. The summed E-state index contributed by atoms with van der Waals surface area (Å²) in [6, 6.07) is -0.623. The number of hydrogen-bond acceptors (Lipinski definition) is 6. The van der Waals surface area contributed by atoms with Gasteiger partial charge in [0.1, 0.15) is 6.61 Å². The summed E-state index contributed by atoms with van der Waals surface area (Å²) in [5.74, 6) is -1.51. The molecule has 0 aromatic carbocycles. The molecule has 0 aliphatic rings. The fourth-order valence-corrected chi connectivity index (χ4v) is 6.32. The normalized spacial score (nSPS) is 13.7. The van der Waals surface area contributed by atoms with E-state index in [4.69, 9.17) is 14.2 Å². The molecule has 0 amide bonds. The number of likely N-dealkylation sites (N-methyl/N-ethyl adjacent to an activating group) is 1. The van der Waals surface area contributed by atoms with Crippen molar-refractivity contribution in [1.29, 1.82) is 0 Å². The van der Waals surface area contributed by atoms with Crippen LogP contribution in [0, 0.1) is 0 Å². The number of carbonyl (C=O) groups is 3. The average molecular weight is 825 g/mol. The molecule has 0 heterocycles. The van der Waals surface area contributed by atoms with E-state index in [-0.39, 0.29) is 36.2 Å². The van der Waals surface area contributed by atoms with Crippen LogP contribution in [0.4, 0.5) is 0 Å². The highest BCUT2D eigenvalue weighted by molar-refractivity contribution is 5.72. The Morgan fingerprint density at radius 2 is 0.983 bits per heavy atom. The lowest BCUT2D eigenvalue weighted by molar-refractivity contribution is -0.887. The standard InChI is InChI=1S/C51H85NO7/c1-6-8-10-12-14-16-18-20-21-22-23-24-25-26-27-28-30-32-34-36-38-40-42-50(54)59-47(45-57-44-43-48(51(55)56)52(3,4)5)46-58-49(53)41-39-37-35-33-31-29-19-17-15-13-11-9-7-2/h8-11,13-17,19-21,23-24,47-48H,6-7,12,18,22,25-46H2,1-5H3/p+1/b10-8+,11-9+,15-13+,16-14+,19-17+,21-20+,24-23+. The zero-order valence-corrected chi connectivity index (χ0v) is 38.2. The van der Waals surface area contributed by atoms with Crippen LogP contribution in [-0.2, 0) is 28.6 Å². The maximum atomic E-state index is 12.8. The SMILES string of the molecule is CC/C=C/C=C/C=C/CCCCCCCC(=O)OCC(COCCC(C(=O)O)[N+](C)(C)C)OC(=O)CCCCCCCCCCC/C=C/C/C=C/C/C=C/C/C=C/CC. The number of carboxylic acids is 1. The monoisotopic (exact) mass is 825 g/mol. The third-order valence-electron chi connectivity index (χ3n) is 9.85. The van der Waals surface area contributed by atoms with Crippen LogP contribution in [0.25, 0.3) is 0 Å². The van der Waals surface area contributed by atoms with E-state index < -0.39 is 18.1 Å². The van der Waals surface area contributed by atoms with Crippen molar-refractivity contribution in [2.45, 2.75) is 180 Å². The van der Waals surface area contributed by atoms with Crippen molar-refractivity contribution in [3.05, 3.63) is 85.1 Å². The van der Waals surface area contributed by atoms with Crippen LogP contribution in [0.2, 0.25) is 0 Å². The Bertz CT molecular complexity index is 1240. The minimum Gasteiger partial charge on any atom is -0.477 e. The number of rotatable bonds is 40. The number of ether oxygens (including phenoxy) is 3. The smallest absolute Gasteiger partial charge is 0.362 e. The Labute approximate surface area is 361 Å². The van der Waals surface area contributed by atoms with E-state index in [1.54, 1.807) is 0 Å². The van der Waals surface area contributed by atoms with Crippen molar-refractivity contribution in [1.82, 2.24) is 0 Å². The maximum absolute atomic E-state index is 12.8. The molecule has 0 bridgehead atoms. The highest BCUT2D eigenvalue weighted by Gasteiger charge is 2.31. The number of hydrogen-bond donors (Lipinski definition) is 1. The Kier molecular flexibility index (Phi) is 38.8. The van der Waals surface area contributed by atoms with Gasteiger partial charge in [0.05, 0.1) is 34.4 Å². The van der Waals surface area contributed by atoms with E-state index in [9.17, 15) is 19.5 Å². The molecule has 0 fully saturated rings. The van der Waals surface area contributed by atoms with Crippen LogP contribution >= 0.6 is 0 Å². The van der Waals surface area contributed by atoms with Crippen LogP contribution < -0.4 is 0 Å². The predicted octanol–water partition coefficient (Wildman–Crippen LogP) is 12.9. The molecule has 0 saturated carbocycles. The van der Waals surface area contributed by atoms with Gasteiger partial charge in [-0.15, -0.1) is 0 Å². The molecule has 0 aliphatic carbocycles. The molecule has 1 N–H and O–H groups in total. The molecule has 0 aromatic heterocycles. The third kappa shape index (κ3) is 39.7. The molecule has 0 aliphatic heterocycles. The van der Waals surface area contributed by atoms with Crippen molar-refractivity contribution in [3.63, 3.8) is 0 Å². The predicted molar refractivity (Wildman–Crippen MR) is 247 cm³/mol. The van der Waals surface area contributed by atoms with Gasteiger partial charge in [0, 0.05) is 19.3 Å². The molecule has 8 heteroatoms. The van der Waals surface area contributed by atoms with Gasteiger partial charge in [-0.1, -0.05) is 163 Å².